The van der Waals surface area contributed by atoms with E-state index in [1.807, 2.05) is 21.0 Å². The molecule has 3 fully saturated rings. The summed E-state index contributed by atoms with van der Waals surface area (Å²) in [6.45, 7) is 17.5. The van der Waals surface area contributed by atoms with Crippen LogP contribution in [0.3, 0.4) is 0 Å². The highest BCUT2D eigenvalue weighted by Crippen LogP contribution is 2.30. The number of hydrogen-bond acceptors (Lipinski definition) is 10. The van der Waals surface area contributed by atoms with E-state index in [0.29, 0.717) is 47.9 Å². The van der Waals surface area contributed by atoms with Crippen LogP contribution in [0.1, 0.15) is 40.5 Å². The second kappa shape index (κ2) is 19.3. The number of aromatic nitrogens is 3. The van der Waals surface area contributed by atoms with Gasteiger partial charge in [-0.2, -0.15) is 11.8 Å². The van der Waals surface area contributed by atoms with E-state index >= 15 is 0 Å². The van der Waals surface area contributed by atoms with E-state index in [1.54, 1.807) is 11.8 Å². The molecule has 0 saturated carbocycles. The van der Waals surface area contributed by atoms with Crippen molar-refractivity contribution < 1.29 is 14.4 Å². The van der Waals surface area contributed by atoms with Crippen LogP contribution in [0.5, 0.6) is 0 Å². The van der Waals surface area contributed by atoms with Gasteiger partial charge in [-0.25, -0.2) is 15.0 Å². The van der Waals surface area contributed by atoms with Gasteiger partial charge in [-0.1, -0.05) is 27.7 Å². The van der Waals surface area contributed by atoms with Gasteiger partial charge in [-0.15, -0.1) is 0 Å². The maximum atomic E-state index is 12.7. The fraction of sp³-hybridized carbons (Fsp3) is 0.478. The minimum Gasteiger partial charge on any atom is -0.368 e. The lowest BCUT2D eigenvalue weighted by molar-refractivity contribution is -0.133. The molecule has 4 heterocycles. The molecule has 7 rings (SSSR count). The van der Waals surface area contributed by atoms with Gasteiger partial charge < -0.3 is 29.4 Å². The molecular weight excluding hydrogens is 759 g/mol. The van der Waals surface area contributed by atoms with Crippen molar-refractivity contribution in [2.24, 2.45) is 11.8 Å². The summed E-state index contributed by atoms with van der Waals surface area (Å²) >= 11 is 1.57. The van der Waals surface area contributed by atoms with Crippen LogP contribution in [0, 0.1) is 11.8 Å². The minimum absolute atomic E-state index is 0.208. The first kappa shape index (κ1) is 42.0. The maximum absolute atomic E-state index is 12.7. The van der Waals surface area contributed by atoms with Crippen LogP contribution in [0.25, 0.3) is 34.2 Å². The first-order valence-corrected chi connectivity index (χ1v) is 22.6. The molecule has 0 aliphatic carbocycles. The standard InChI is InChI=1S/C46H59N9O3S/c1-33(2)30-41(56)53-24-18-50(19-25-53)38-12-6-35(7-13-38)44-47-45(36-8-14-39(15-9-36)51-20-26-54(27-21-51)42(57)31-34(3)4)49-46(48-44)37-10-16-40(17-11-37)52-22-28-55(29-23-52)43(58)32-59-5/h6-17,33-34H,18-32H2,1-5H3. The van der Waals surface area contributed by atoms with Gasteiger partial charge in [0.15, 0.2) is 17.5 Å². The highest BCUT2D eigenvalue weighted by molar-refractivity contribution is 7.99. The molecule has 4 aromatic rings. The molecular formula is C46H59N9O3S. The van der Waals surface area contributed by atoms with E-state index in [9.17, 15) is 14.4 Å². The molecule has 0 radical (unpaired) electrons. The normalized spacial score (nSPS) is 16.3. The Labute approximate surface area is 354 Å². The zero-order valence-corrected chi connectivity index (χ0v) is 36.2. The molecule has 3 aromatic carbocycles. The number of hydrogen-bond donors (Lipinski definition) is 0. The molecule has 1 aromatic heterocycles. The molecule has 3 aliphatic heterocycles. The number of thioether (sulfide) groups is 1. The zero-order chi connectivity index (χ0) is 41.5. The van der Waals surface area contributed by atoms with Gasteiger partial charge in [0, 0.05) is 125 Å². The molecule has 59 heavy (non-hydrogen) atoms. The molecule has 0 N–H and O–H groups in total. The van der Waals surface area contributed by atoms with Gasteiger partial charge in [0.25, 0.3) is 0 Å². The first-order valence-electron chi connectivity index (χ1n) is 21.2. The number of rotatable bonds is 12. The predicted molar refractivity (Wildman–Crippen MR) is 240 cm³/mol. The number of piperazine rings is 3. The summed E-state index contributed by atoms with van der Waals surface area (Å²) in [5.74, 6) is 3.73. The average molecular weight is 818 g/mol. The fourth-order valence-electron chi connectivity index (χ4n) is 8.04. The number of carbonyl (C=O) groups is 3. The quantitative estimate of drug-likeness (QED) is 0.162. The summed E-state index contributed by atoms with van der Waals surface area (Å²) in [6.07, 6.45) is 3.15. The van der Waals surface area contributed by atoms with E-state index in [0.717, 1.165) is 112 Å². The molecule has 0 bridgehead atoms. The lowest BCUT2D eigenvalue weighted by atomic mass is 10.1. The van der Waals surface area contributed by atoms with Crippen LogP contribution in [-0.2, 0) is 14.4 Å². The summed E-state index contributed by atoms with van der Waals surface area (Å²) in [5.41, 5.74) is 6.04. The Morgan fingerprint density at radius 2 is 0.729 bits per heavy atom. The van der Waals surface area contributed by atoms with E-state index < -0.39 is 0 Å². The monoisotopic (exact) mass is 817 g/mol. The third kappa shape index (κ3) is 10.5. The second-order valence-corrected chi connectivity index (χ2v) is 17.5. The number of anilines is 3. The molecule has 3 saturated heterocycles. The third-order valence-corrected chi connectivity index (χ3v) is 12.0. The van der Waals surface area contributed by atoms with Crippen molar-refractivity contribution >= 4 is 46.5 Å². The highest BCUT2D eigenvalue weighted by atomic mass is 32.2. The van der Waals surface area contributed by atoms with E-state index in [-0.39, 0.29) is 17.7 Å². The predicted octanol–water partition coefficient (Wildman–Crippen LogP) is 6.27. The van der Waals surface area contributed by atoms with Gasteiger partial charge in [0.05, 0.1) is 5.75 Å². The second-order valence-electron chi connectivity index (χ2n) is 16.7. The molecule has 312 valence electrons. The van der Waals surface area contributed by atoms with Crippen LogP contribution < -0.4 is 14.7 Å². The minimum atomic E-state index is 0.208. The van der Waals surface area contributed by atoms with Crippen LogP contribution in [0.2, 0.25) is 0 Å². The number of nitrogens with zero attached hydrogens (tertiary/aromatic N) is 9. The smallest absolute Gasteiger partial charge is 0.232 e. The average Bonchev–Trinajstić information content (AvgIpc) is 3.26. The van der Waals surface area contributed by atoms with Crippen molar-refractivity contribution in [3.05, 3.63) is 72.8 Å². The number of carbonyl (C=O) groups excluding carboxylic acids is 3. The molecule has 0 atom stereocenters. The van der Waals surface area contributed by atoms with Crippen molar-refractivity contribution in [2.45, 2.75) is 40.5 Å². The Balaban J connectivity index is 1.10. The molecule has 13 heteroatoms. The lowest BCUT2D eigenvalue weighted by Gasteiger charge is -2.36. The Kier molecular flexibility index (Phi) is 13.7. The van der Waals surface area contributed by atoms with Crippen LogP contribution in [0.15, 0.2) is 72.8 Å². The fourth-order valence-corrected chi connectivity index (χ4v) is 8.47. The molecule has 3 aliphatic rings. The SMILES string of the molecule is CSCC(=O)N1CCN(c2ccc(-c3nc(-c4ccc(N5CCN(C(=O)CC(C)C)CC5)cc4)nc(-c4ccc(N5CCN(C(=O)CC(C)C)CC5)cc4)n3)cc2)CC1. The Hall–Kier alpha value is -5.17. The third-order valence-electron chi connectivity index (χ3n) is 11.4. The molecule has 0 unspecified atom stereocenters. The van der Waals surface area contributed by atoms with E-state index in [1.165, 1.54) is 0 Å². The molecule has 12 nitrogen and oxygen atoms in total. The topological polar surface area (TPSA) is 109 Å². The van der Waals surface area contributed by atoms with Crippen LogP contribution in [-0.4, -0.2) is 138 Å². The van der Waals surface area contributed by atoms with Gasteiger partial charge in [-0.05, 0) is 90.9 Å². The van der Waals surface area contributed by atoms with Crippen molar-refractivity contribution in [2.75, 3.05) is 105 Å². The Bertz CT molecular complexity index is 1930. The van der Waals surface area contributed by atoms with Crippen molar-refractivity contribution in [3.63, 3.8) is 0 Å². The van der Waals surface area contributed by atoms with Crippen LogP contribution >= 0.6 is 11.8 Å². The number of benzene rings is 3. The summed E-state index contributed by atoms with van der Waals surface area (Å²) in [6, 6.07) is 25.2. The van der Waals surface area contributed by atoms with Gasteiger partial charge in [-0.3, -0.25) is 14.4 Å². The highest BCUT2D eigenvalue weighted by Gasteiger charge is 2.25. The first-order chi connectivity index (χ1) is 28.5. The van der Waals surface area contributed by atoms with Crippen molar-refractivity contribution in [1.82, 2.24) is 29.7 Å². The van der Waals surface area contributed by atoms with Crippen molar-refractivity contribution in [1.29, 1.82) is 0 Å². The van der Waals surface area contributed by atoms with Gasteiger partial charge in [0.1, 0.15) is 0 Å². The van der Waals surface area contributed by atoms with Crippen molar-refractivity contribution in [3.8, 4) is 34.2 Å². The maximum Gasteiger partial charge on any atom is 0.232 e. The Morgan fingerprint density at radius 3 is 0.983 bits per heavy atom. The Morgan fingerprint density at radius 1 is 0.458 bits per heavy atom. The lowest BCUT2D eigenvalue weighted by Crippen LogP contribution is -2.49. The number of amides is 3. The summed E-state index contributed by atoms with van der Waals surface area (Å²) < 4.78 is 0. The molecule has 3 amide bonds. The summed E-state index contributed by atoms with van der Waals surface area (Å²) in [5, 5.41) is 0. The zero-order valence-electron chi connectivity index (χ0n) is 35.3. The van der Waals surface area contributed by atoms with Gasteiger partial charge in [0.2, 0.25) is 17.7 Å². The van der Waals surface area contributed by atoms with E-state index in [2.05, 4.69) is 115 Å². The van der Waals surface area contributed by atoms with E-state index in [4.69, 9.17) is 15.0 Å². The largest absolute Gasteiger partial charge is 0.368 e. The summed E-state index contributed by atoms with van der Waals surface area (Å²) in [4.78, 5) is 65.8. The van der Waals surface area contributed by atoms with Crippen LogP contribution in [0.4, 0.5) is 17.1 Å². The summed E-state index contributed by atoms with van der Waals surface area (Å²) in [7, 11) is 0. The van der Waals surface area contributed by atoms with Gasteiger partial charge >= 0.3 is 0 Å². The molecule has 0 spiro atoms.